The van der Waals surface area contributed by atoms with Gasteiger partial charge in [0.1, 0.15) is 0 Å². The average Bonchev–Trinajstić information content (AvgIpc) is 3.30. The molecular weight excluding hydrogens is 336 g/mol. The number of likely N-dealkylation sites (tertiary alicyclic amines) is 2. The van der Waals surface area contributed by atoms with E-state index in [0.29, 0.717) is 12.0 Å². The van der Waals surface area contributed by atoms with Gasteiger partial charge in [0.05, 0.1) is 0 Å². The van der Waals surface area contributed by atoms with E-state index in [1.165, 1.54) is 18.4 Å². The molecule has 1 N–H and O–H groups in total. The maximum atomic E-state index is 12.8. The maximum Gasteiger partial charge on any atom is 0.317 e. The molecule has 5 nitrogen and oxygen atoms in total. The second kappa shape index (κ2) is 7.80. The zero-order valence-electron chi connectivity index (χ0n) is 16.9. The molecule has 27 heavy (non-hydrogen) atoms. The lowest BCUT2D eigenvalue weighted by molar-refractivity contribution is 0.161. The van der Waals surface area contributed by atoms with Crippen LogP contribution in [-0.2, 0) is 6.54 Å². The number of hydrogen-bond acceptors (Lipinski definition) is 3. The predicted octanol–water partition coefficient (Wildman–Crippen LogP) is 2.63. The lowest BCUT2D eigenvalue weighted by Crippen LogP contribution is -2.46. The fourth-order valence-electron chi connectivity index (χ4n) is 5.60. The lowest BCUT2D eigenvalue weighted by atomic mass is 9.80. The molecule has 0 radical (unpaired) electrons. The Morgan fingerprint density at radius 3 is 2.59 bits per heavy atom. The predicted molar refractivity (Wildman–Crippen MR) is 109 cm³/mol. The van der Waals surface area contributed by atoms with E-state index >= 15 is 0 Å². The highest BCUT2D eigenvalue weighted by Crippen LogP contribution is 2.43. The topological polar surface area (TPSA) is 38.8 Å². The highest BCUT2D eigenvalue weighted by Gasteiger charge is 2.53. The first kappa shape index (κ1) is 18.8. The second-order valence-electron chi connectivity index (χ2n) is 9.26. The summed E-state index contributed by atoms with van der Waals surface area (Å²) >= 11 is 0. The summed E-state index contributed by atoms with van der Waals surface area (Å²) in [6.45, 7) is 6.03. The van der Waals surface area contributed by atoms with Crippen molar-refractivity contribution in [2.45, 2.75) is 38.3 Å². The highest BCUT2D eigenvalue weighted by atomic mass is 16.2. The van der Waals surface area contributed by atoms with Gasteiger partial charge in [-0.3, -0.25) is 4.90 Å². The molecule has 2 aliphatic heterocycles. The molecule has 1 aliphatic carbocycles. The molecule has 4 rings (SSSR count). The van der Waals surface area contributed by atoms with Gasteiger partial charge >= 0.3 is 6.03 Å². The third kappa shape index (κ3) is 4.14. The number of carbonyl (C=O) groups is 1. The first-order chi connectivity index (χ1) is 13.0. The summed E-state index contributed by atoms with van der Waals surface area (Å²) in [6.07, 6.45) is 4.81. The molecule has 1 aromatic rings. The van der Waals surface area contributed by atoms with E-state index in [-0.39, 0.29) is 11.4 Å². The van der Waals surface area contributed by atoms with Crippen molar-refractivity contribution in [2.75, 3.05) is 46.8 Å². The molecule has 0 aromatic heterocycles. The van der Waals surface area contributed by atoms with Crippen LogP contribution in [-0.4, -0.2) is 73.6 Å². The fraction of sp³-hybridized carbons (Fsp3) is 0.682. The number of rotatable bonds is 5. The Bertz CT molecular complexity index is 643. The van der Waals surface area contributed by atoms with E-state index in [0.717, 1.165) is 52.1 Å². The van der Waals surface area contributed by atoms with Gasteiger partial charge in [0, 0.05) is 50.7 Å². The van der Waals surface area contributed by atoms with Crippen LogP contribution < -0.4 is 5.32 Å². The van der Waals surface area contributed by atoms with Crippen molar-refractivity contribution in [2.24, 2.45) is 11.3 Å². The van der Waals surface area contributed by atoms with Crippen LogP contribution in [0, 0.1) is 11.3 Å². The molecule has 2 saturated heterocycles. The van der Waals surface area contributed by atoms with Gasteiger partial charge in [0.2, 0.25) is 0 Å². The highest BCUT2D eigenvalue weighted by molar-refractivity contribution is 5.75. The zero-order chi connectivity index (χ0) is 18.9. The van der Waals surface area contributed by atoms with Crippen molar-refractivity contribution in [3.8, 4) is 0 Å². The Balaban J connectivity index is 1.41. The summed E-state index contributed by atoms with van der Waals surface area (Å²) in [6, 6.07) is 11.3. The van der Waals surface area contributed by atoms with E-state index in [1.54, 1.807) is 0 Å². The van der Waals surface area contributed by atoms with Crippen molar-refractivity contribution in [1.29, 1.82) is 0 Å². The SMILES string of the molecule is CN(C)C[C@@]12CN(Cc3ccccc3)C[C@@H]1CN(C(=O)NC1CCCC1)C2. The second-order valence-corrected chi connectivity index (χ2v) is 9.26. The maximum absolute atomic E-state index is 12.8. The minimum Gasteiger partial charge on any atom is -0.335 e. The number of fused-ring (bicyclic) bond motifs is 1. The monoisotopic (exact) mass is 370 g/mol. The molecule has 2 heterocycles. The summed E-state index contributed by atoms with van der Waals surface area (Å²) in [5, 5.41) is 3.29. The largest absolute Gasteiger partial charge is 0.335 e. The molecule has 0 bridgehead atoms. The molecule has 3 aliphatic rings. The van der Waals surface area contributed by atoms with E-state index in [9.17, 15) is 4.79 Å². The lowest BCUT2D eigenvalue weighted by Gasteiger charge is -2.32. The van der Waals surface area contributed by atoms with Crippen LogP contribution in [0.25, 0.3) is 0 Å². The summed E-state index contributed by atoms with van der Waals surface area (Å²) in [5.74, 6) is 0.568. The molecule has 3 fully saturated rings. The standard InChI is InChI=1S/C22H34N4O/c1-24(2)15-22-16-25(12-18-8-4-3-5-9-18)13-19(22)14-26(17-22)21(27)23-20-10-6-7-11-20/h3-5,8-9,19-20H,6-7,10-17H2,1-2H3,(H,23,27)/t19-,22+/m1/s1. The summed E-state index contributed by atoms with van der Waals surface area (Å²) in [7, 11) is 4.32. The van der Waals surface area contributed by atoms with Crippen molar-refractivity contribution >= 4 is 6.03 Å². The third-order valence-electron chi connectivity index (χ3n) is 6.68. The summed E-state index contributed by atoms with van der Waals surface area (Å²) < 4.78 is 0. The van der Waals surface area contributed by atoms with E-state index in [1.807, 2.05) is 0 Å². The molecule has 148 valence electrons. The zero-order valence-corrected chi connectivity index (χ0v) is 16.9. The minimum atomic E-state index is 0.170. The van der Waals surface area contributed by atoms with Gasteiger partial charge < -0.3 is 15.1 Å². The first-order valence-electron chi connectivity index (χ1n) is 10.5. The van der Waals surface area contributed by atoms with Gasteiger partial charge in [-0.1, -0.05) is 43.2 Å². The minimum absolute atomic E-state index is 0.170. The van der Waals surface area contributed by atoms with Crippen LogP contribution in [0.1, 0.15) is 31.2 Å². The average molecular weight is 371 g/mol. The Morgan fingerprint density at radius 1 is 1.15 bits per heavy atom. The van der Waals surface area contributed by atoms with Crippen LogP contribution in [0.2, 0.25) is 0 Å². The van der Waals surface area contributed by atoms with Gasteiger partial charge in [-0.15, -0.1) is 0 Å². The normalized spacial score (nSPS) is 28.9. The van der Waals surface area contributed by atoms with Crippen molar-refractivity contribution in [1.82, 2.24) is 20.0 Å². The number of nitrogens with one attached hydrogen (secondary N) is 1. The van der Waals surface area contributed by atoms with Crippen molar-refractivity contribution in [3.05, 3.63) is 35.9 Å². The van der Waals surface area contributed by atoms with Gasteiger partial charge in [-0.25, -0.2) is 4.79 Å². The number of hydrogen-bond donors (Lipinski definition) is 1. The van der Waals surface area contributed by atoms with Gasteiger partial charge in [-0.05, 0) is 38.4 Å². The molecule has 0 spiro atoms. The van der Waals surface area contributed by atoms with Crippen LogP contribution in [0.15, 0.2) is 30.3 Å². The number of urea groups is 1. The fourth-order valence-corrected chi connectivity index (χ4v) is 5.60. The number of carbonyl (C=O) groups excluding carboxylic acids is 1. The first-order valence-corrected chi connectivity index (χ1v) is 10.5. The van der Waals surface area contributed by atoms with Gasteiger partial charge in [-0.2, -0.15) is 0 Å². The molecular formula is C22H34N4O. The summed E-state index contributed by atoms with van der Waals surface area (Å²) in [5.41, 5.74) is 1.58. The molecule has 5 heteroatoms. The van der Waals surface area contributed by atoms with Gasteiger partial charge in [0.25, 0.3) is 0 Å². The number of nitrogens with zero attached hydrogens (tertiary/aromatic N) is 3. The Kier molecular flexibility index (Phi) is 5.42. The third-order valence-corrected chi connectivity index (χ3v) is 6.68. The quantitative estimate of drug-likeness (QED) is 0.866. The number of amides is 2. The smallest absolute Gasteiger partial charge is 0.317 e. The summed E-state index contributed by atoms with van der Waals surface area (Å²) in [4.78, 5) is 19.8. The molecule has 2 amide bonds. The van der Waals surface area contributed by atoms with Crippen LogP contribution >= 0.6 is 0 Å². The van der Waals surface area contributed by atoms with E-state index < -0.39 is 0 Å². The Hall–Kier alpha value is -1.59. The molecule has 1 aromatic carbocycles. The van der Waals surface area contributed by atoms with E-state index in [4.69, 9.17) is 0 Å². The molecule has 2 atom stereocenters. The van der Waals surface area contributed by atoms with Crippen LogP contribution in [0.4, 0.5) is 4.79 Å². The van der Waals surface area contributed by atoms with Crippen molar-refractivity contribution < 1.29 is 4.79 Å². The van der Waals surface area contributed by atoms with Crippen LogP contribution in [0.3, 0.4) is 0 Å². The van der Waals surface area contributed by atoms with E-state index in [2.05, 4.69) is 64.4 Å². The Morgan fingerprint density at radius 2 is 1.89 bits per heavy atom. The van der Waals surface area contributed by atoms with Crippen LogP contribution in [0.5, 0.6) is 0 Å². The van der Waals surface area contributed by atoms with Crippen molar-refractivity contribution in [3.63, 3.8) is 0 Å². The molecule has 0 unspecified atom stereocenters. The number of benzene rings is 1. The van der Waals surface area contributed by atoms with Gasteiger partial charge in [0.15, 0.2) is 0 Å². The Labute approximate surface area is 163 Å². The molecule has 1 saturated carbocycles.